The largest absolute Gasteiger partial charge is 0.353 e. The monoisotopic (exact) mass is 683 g/mol. The summed E-state index contributed by atoms with van der Waals surface area (Å²) in [7, 11) is 2.49. The smallest absolute Gasteiger partial charge is 0.197 e. The van der Waals surface area contributed by atoms with Gasteiger partial charge >= 0.3 is 0 Å². The molecule has 2 aliphatic carbocycles. The summed E-state index contributed by atoms with van der Waals surface area (Å²) in [6.45, 7) is 0. The van der Waals surface area contributed by atoms with Crippen molar-refractivity contribution < 1.29 is 0 Å². The fraction of sp³-hybridized carbons (Fsp3) is 0.0588. The quantitative estimate of drug-likeness (QED) is 0.171. The summed E-state index contributed by atoms with van der Waals surface area (Å²) in [5.74, 6) is 0.595. The molecule has 9 aromatic rings. The molecule has 54 heavy (non-hydrogen) atoms. The number of H-pyrrole nitrogens is 1. The summed E-state index contributed by atoms with van der Waals surface area (Å²) in [6, 6.07) is 57.0. The van der Waals surface area contributed by atoms with Gasteiger partial charge < -0.3 is 9.88 Å². The minimum atomic E-state index is -0.321. The molecule has 3 unspecified atom stereocenters. The van der Waals surface area contributed by atoms with Crippen molar-refractivity contribution in [2.45, 2.75) is 11.3 Å². The molecule has 1 radical (unpaired) electrons. The molecule has 8 aromatic carbocycles. The predicted molar refractivity (Wildman–Crippen MR) is 227 cm³/mol. The predicted octanol–water partition coefficient (Wildman–Crippen LogP) is 11.2. The van der Waals surface area contributed by atoms with Crippen LogP contribution in [0, 0.1) is 5.92 Å². The Bertz CT molecular complexity index is 3180. The molecular formula is C51H32BN2. The van der Waals surface area contributed by atoms with Crippen LogP contribution in [0.1, 0.15) is 28.2 Å². The maximum absolute atomic E-state index is 3.95. The highest BCUT2D eigenvalue weighted by Crippen LogP contribution is 2.65. The Kier molecular flexibility index (Phi) is 5.52. The van der Waals surface area contributed by atoms with Crippen LogP contribution >= 0.6 is 0 Å². The molecule has 2 nitrogen and oxygen atoms in total. The summed E-state index contributed by atoms with van der Waals surface area (Å²) >= 11 is 0. The van der Waals surface area contributed by atoms with E-state index >= 15 is 0 Å². The van der Waals surface area contributed by atoms with Crippen LogP contribution in [0.25, 0.3) is 54.5 Å². The van der Waals surface area contributed by atoms with Crippen LogP contribution in [0.3, 0.4) is 0 Å². The lowest BCUT2D eigenvalue weighted by molar-refractivity contribution is 0.454. The molecule has 3 heteroatoms. The van der Waals surface area contributed by atoms with E-state index < -0.39 is 0 Å². The molecule has 0 fully saturated rings. The molecule has 1 aromatic heterocycles. The number of para-hydroxylation sites is 3. The van der Waals surface area contributed by atoms with Crippen LogP contribution in [0.2, 0.25) is 0 Å². The van der Waals surface area contributed by atoms with E-state index in [-0.39, 0.29) is 11.3 Å². The van der Waals surface area contributed by atoms with Gasteiger partial charge in [-0.2, -0.15) is 0 Å². The molecule has 13 rings (SSSR count). The first-order valence-electron chi connectivity index (χ1n) is 19.1. The van der Waals surface area contributed by atoms with Gasteiger partial charge in [-0.05, 0) is 56.2 Å². The Hall–Kier alpha value is -6.58. The summed E-state index contributed by atoms with van der Waals surface area (Å²) < 4.78 is 0. The van der Waals surface area contributed by atoms with E-state index in [9.17, 15) is 0 Å². The Morgan fingerprint density at radius 2 is 1.24 bits per heavy atom. The van der Waals surface area contributed by atoms with Gasteiger partial charge in [0.2, 0.25) is 0 Å². The minimum Gasteiger partial charge on any atom is -0.353 e. The van der Waals surface area contributed by atoms with Crippen molar-refractivity contribution in [3.8, 4) is 11.1 Å². The van der Waals surface area contributed by atoms with Crippen molar-refractivity contribution >= 4 is 78.6 Å². The van der Waals surface area contributed by atoms with Crippen LogP contribution in [0.4, 0.5) is 17.1 Å². The first-order valence-corrected chi connectivity index (χ1v) is 19.1. The van der Waals surface area contributed by atoms with E-state index in [4.69, 9.17) is 0 Å². The van der Waals surface area contributed by atoms with Crippen molar-refractivity contribution in [1.82, 2.24) is 4.98 Å². The summed E-state index contributed by atoms with van der Waals surface area (Å²) in [5, 5.41) is 7.52. The maximum Gasteiger partial charge on any atom is 0.197 e. The molecule has 0 bridgehead atoms. The van der Waals surface area contributed by atoms with Gasteiger partial charge in [-0.3, -0.25) is 0 Å². The Labute approximate surface area is 313 Å². The molecule has 2 aliphatic heterocycles. The maximum atomic E-state index is 3.95. The van der Waals surface area contributed by atoms with Crippen molar-refractivity contribution in [1.29, 1.82) is 0 Å². The van der Waals surface area contributed by atoms with Gasteiger partial charge in [0.05, 0.1) is 22.1 Å². The average Bonchev–Trinajstić information content (AvgIpc) is 3.77. The second kappa shape index (κ2) is 10.3. The van der Waals surface area contributed by atoms with Crippen molar-refractivity contribution in [2.24, 2.45) is 5.92 Å². The minimum absolute atomic E-state index is 0.273. The van der Waals surface area contributed by atoms with Gasteiger partial charge in [0.1, 0.15) is 0 Å². The zero-order valence-electron chi connectivity index (χ0n) is 29.4. The number of rotatable bonds is 1. The second-order valence-electron chi connectivity index (χ2n) is 15.4. The number of nitrogens with zero attached hydrogens (tertiary/aromatic N) is 1. The Morgan fingerprint density at radius 3 is 2.19 bits per heavy atom. The summed E-state index contributed by atoms with van der Waals surface area (Å²) in [4.78, 5) is 6.58. The first kappa shape index (κ1) is 28.9. The van der Waals surface area contributed by atoms with Crippen LogP contribution in [-0.2, 0) is 5.41 Å². The van der Waals surface area contributed by atoms with Crippen LogP contribution in [0.5, 0.6) is 0 Å². The standard InChI is InChI=1S/C51H32BN2/c1-3-15-32-30(13-1)27-28-38-36-19-11-20-37(48(36)53-47(32)38)39-29-31-14-2-4-16-33(31)49-46(39)52-44-25-12-24-43-50(44)54(49)45-26-10-9-23-42(45)51(43)40-21-7-5-17-34(40)35-18-6-8-22-41(35)51/h1-29,34,40,53H. The summed E-state index contributed by atoms with van der Waals surface area (Å²) in [6.07, 6.45) is 9.42. The third-order valence-corrected chi connectivity index (χ3v) is 13.1. The van der Waals surface area contributed by atoms with E-state index in [1.165, 1.54) is 105 Å². The number of allylic oxidation sites excluding steroid dienone is 4. The first-order chi connectivity index (χ1) is 26.8. The van der Waals surface area contributed by atoms with Crippen LogP contribution < -0.4 is 15.8 Å². The number of nitrogens with one attached hydrogen (secondary N) is 1. The molecule has 249 valence electrons. The average molecular weight is 684 g/mol. The van der Waals surface area contributed by atoms with E-state index in [2.05, 4.69) is 193 Å². The second-order valence-corrected chi connectivity index (χ2v) is 15.4. The van der Waals surface area contributed by atoms with E-state index in [1.807, 2.05) is 0 Å². The number of hydrogen-bond donors (Lipinski definition) is 1. The molecule has 1 N–H and O–H groups in total. The van der Waals surface area contributed by atoms with E-state index in [0.717, 1.165) is 0 Å². The highest BCUT2D eigenvalue weighted by Gasteiger charge is 2.57. The normalized spacial score (nSPS) is 19.9. The fourth-order valence-corrected chi connectivity index (χ4v) is 11.0. The number of anilines is 3. The van der Waals surface area contributed by atoms with Gasteiger partial charge in [-0.15, -0.1) is 0 Å². The zero-order valence-corrected chi connectivity index (χ0v) is 29.4. The third kappa shape index (κ3) is 3.44. The molecule has 4 aliphatic rings. The number of fused-ring (bicyclic) bond motifs is 18. The molecule has 0 saturated carbocycles. The number of benzene rings is 8. The van der Waals surface area contributed by atoms with Crippen molar-refractivity contribution in [3.05, 3.63) is 198 Å². The van der Waals surface area contributed by atoms with Gasteiger partial charge in [0.25, 0.3) is 0 Å². The lowest BCUT2D eigenvalue weighted by Gasteiger charge is -2.50. The topological polar surface area (TPSA) is 19.0 Å². The van der Waals surface area contributed by atoms with Gasteiger partial charge in [-0.1, -0.05) is 169 Å². The van der Waals surface area contributed by atoms with E-state index in [1.54, 1.807) is 0 Å². The zero-order chi connectivity index (χ0) is 35.1. The molecular weight excluding hydrogens is 651 g/mol. The van der Waals surface area contributed by atoms with Crippen molar-refractivity contribution in [2.75, 3.05) is 4.90 Å². The fourth-order valence-electron chi connectivity index (χ4n) is 11.0. The number of aromatic amines is 1. The van der Waals surface area contributed by atoms with Crippen LogP contribution in [0.15, 0.2) is 176 Å². The lowest BCUT2D eigenvalue weighted by atomic mass is 9.53. The molecule has 0 amide bonds. The lowest BCUT2D eigenvalue weighted by Crippen LogP contribution is -2.48. The van der Waals surface area contributed by atoms with Gasteiger partial charge in [0, 0.05) is 50.3 Å². The van der Waals surface area contributed by atoms with E-state index in [0.29, 0.717) is 5.92 Å². The molecule has 1 spiro atoms. The highest BCUT2D eigenvalue weighted by atomic mass is 15.2. The summed E-state index contributed by atoms with van der Waals surface area (Å²) in [5.41, 5.74) is 16.5. The molecule has 3 atom stereocenters. The van der Waals surface area contributed by atoms with Crippen LogP contribution in [-0.4, -0.2) is 12.3 Å². The van der Waals surface area contributed by atoms with Crippen molar-refractivity contribution in [3.63, 3.8) is 0 Å². The molecule has 0 saturated heterocycles. The SMILES string of the molecule is [B]1c2cccc3c2N(c2ccccc2C32c3ccccc3C3C=CC=CC32)c2c1c(-c1cccc3c1[nH]c1c4ccccc4ccc31)cc1ccccc21. The van der Waals surface area contributed by atoms with Gasteiger partial charge in [0.15, 0.2) is 7.28 Å². The third-order valence-electron chi connectivity index (χ3n) is 13.1. The Balaban J connectivity index is 1.13. The number of hydrogen-bond acceptors (Lipinski definition) is 1. The molecule has 3 heterocycles. The van der Waals surface area contributed by atoms with Gasteiger partial charge in [-0.25, -0.2) is 0 Å². The highest BCUT2D eigenvalue weighted by molar-refractivity contribution is 6.74. The Morgan fingerprint density at radius 1 is 0.519 bits per heavy atom. The number of aromatic nitrogens is 1.